The van der Waals surface area contributed by atoms with E-state index in [0.717, 1.165) is 19.5 Å². The molecular formula is C13H28N4O2. The van der Waals surface area contributed by atoms with E-state index in [0.29, 0.717) is 19.0 Å². The van der Waals surface area contributed by atoms with E-state index in [1.165, 1.54) is 0 Å². The zero-order chi connectivity index (χ0) is 14.8. The van der Waals surface area contributed by atoms with E-state index >= 15 is 0 Å². The molecule has 3 amide bonds. The van der Waals surface area contributed by atoms with Gasteiger partial charge in [0.15, 0.2) is 0 Å². The van der Waals surface area contributed by atoms with Crippen LogP contribution in [0.4, 0.5) is 4.79 Å². The van der Waals surface area contributed by atoms with Gasteiger partial charge in [-0.05, 0) is 32.7 Å². The average Bonchev–Trinajstić information content (AvgIpc) is 2.33. The molecule has 0 radical (unpaired) electrons. The van der Waals surface area contributed by atoms with Crippen molar-refractivity contribution in [1.82, 2.24) is 15.5 Å². The number of urea groups is 1. The van der Waals surface area contributed by atoms with Crippen LogP contribution in [0.3, 0.4) is 0 Å². The van der Waals surface area contributed by atoms with E-state index in [1.807, 2.05) is 6.92 Å². The third kappa shape index (κ3) is 7.79. The number of imide groups is 1. The van der Waals surface area contributed by atoms with E-state index in [2.05, 4.69) is 29.4 Å². The van der Waals surface area contributed by atoms with Gasteiger partial charge in [0.25, 0.3) is 0 Å². The molecule has 0 heterocycles. The van der Waals surface area contributed by atoms with Gasteiger partial charge in [0, 0.05) is 19.6 Å². The van der Waals surface area contributed by atoms with Gasteiger partial charge in [-0.1, -0.05) is 13.8 Å². The second-order valence-electron chi connectivity index (χ2n) is 5.06. The van der Waals surface area contributed by atoms with Crippen molar-refractivity contribution in [2.45, 2.75) is 40.2 Å². The van der Waals surface area contributed by atoms with Crippen molar-refractivity contribution < 1.29 is 9.59 Å². The Hall–Kier alpha value is -1.14. The first-order valence-corrected chi connectivity index (χ1v) is 6.95. The third-order valence-corrected chi connectivity index (χ3v) is 2.75. The normalized spacial score (nSPS) is 12.6. The molecule has 6 nitrogen and oxygen atoms in total. The van der Waals surface area contributed by atoms with E-state index < -0.39 is 6.03 Å². The molecule has 1 atom stereocenters. The molecule has 0 aromatic carbocycles. The molecule has 0 spiro atoms. The Kier molecular flexibility index (Phi) is 9.16. The number of nitrogens with one attached hydrogen (secondary N) is 2. The summed E-state index contributed by atoms with van der Waals surface area (Å²) >= 11 is 0. The number of carbonyl (C=O) groups excluding carboxylic acids is 2. The van der Waals surface area contributed by atoms with Crippen LogP contribution in [0.25, 0.3) is 0 Å². The summed E-state index contributed by atoms with van der Waals surface area (Å²) in [6, 6.07) is -0.778. The standard InChI is InChI=1S/C13H28N4O2/c1-5-15-13(19)16-12(18)11(4)17(8-6-7-14)9-10(2)3/h10-11H,5-9,14H2,1-4H3,(H2,15,16,18,19). The number of nitrogens with two attached hydrogens (primary N) is 1. The van der Waals surface area contributed by atoms with Gasteiger partial charge in [-0.25, -0.2) is 4.79 Å². The Morgan fingerprint density at radius 3 is 2.37 bits per heavy atom. The van der Waals surface area contributed by atoms with Gasteiger partial charge in [0.05, 0.1) is 6.04 Å². The summed E-state index contributed by atoms with van der Waals surface area (Å²) in [6.45, 7) is 10.5. The Balaban J connectivity index is 4.45. The lowest BCUT2D eigenvalue weighted by atomic mass is 10.1. The van der Waals surface area contributed by atoms with Crippen molar-refractivity contribution in [3.63, 3.8) is 0 Å². The predicted molar refractivity (Wildman–Crippen MR) is 76.8 cm³/mol. The maximum Gasteiger partial charge on any atom is 0.321 e. The summed E-state index contributed by atoms with van der Waals surface area (Å²) in [6.07, 6.45) is 0.839. The molecule has 0 aliphatic rings. The number of nitrogens with zero attached hydrogens (tertiary/aromatic N) is 1. The van der Waals surface area contributed by atoms with Crippen LogP contribution in [0, 0.1) is 5.92 Å². The summed E-state index contributed by atoms with van der Waals surface area (Å²) in [4.78, 5) is 25.4. The molecule has 6 heteroatoms. The van der Waals surface area contributed by atoms with Gasteiger partial charge in [0.2, 0.25) is 5.91 Å². The molecule has 19 heavy (non-hydrogen) atoms. The minimum absolute atomic E-state index is 0.274. The fraction of sp³-hybridized carbons (Fsp3) is 0.846. The van der Waals surface area contributed by atoms with Crippen LogP contribution in [0.2, 0.25) is 0 Å². The van der Waals surface area contributed by atoms with Crippen molar-refractivity contribution in [3.05, 3.63) is 0 Å². The second kappa shape index (κ2) is 9.75. The zero-order valence-corrected chi connectivity index (χ0v) is 12.5. The summed E-state index contributed by atoms with van der Waals surface area (Å²) in [5, 5.41) is 4.89. The quantitative estimate of drug-likeness (QED) is 0.601. The maximum atomic E-state index is 12.0. The fourth-order valence-corrected chi connectivity index (χ4v) is 1.79. The lowest BCUT2D eigenvalue weighted by molar-refractivity contribution is -0.125. The molecule has 0 bridgehead atoms. The van der Waals surface area contributed by atoms with Crippen LogP contribution in [-0.2, 0) is 4.79 Å². The molecule has 0 fully saturated rings. The van der Waals surface area contributed by atoms with Gasteiger partial charge in [-0.3, -0.25) is 15.0 Å². The lowest BCUT2D eigenvalue weighted by Crippen LogP contribution is -2.50. The zero-order valence-electron chi connectivity index (χ0n) is 12.5. The van der Waals surface area contributed by atoms with Gasteiger partial charge < -0.3 is 11.1 Å². The molecule has 112 valence electrons. The van der Waals surface area contributed by atoms with Gasteiger partial charge in [-0.15, -0.1) is 0 Å². The van der Waals surface area contributed by atoms with Crippen molar-refractivity contribution in [2.24, 2.45) is 11.7 Å². The first-order valence-electron chi connectivity index (χ1n) is 6.95. The fourth-order valence-electron chi connectivity index (χ4n) is 1.79. The SMILES string of the molecule is CCNC(=O)NC(=O)C(C)N(CCCN)CC(C)C. The van der Waals surface area contributed by atoms with Crippen molar-refractivity contribution >= 4 is 11.9 Å². The molecule has 4 N–H and O–H groups in total. The van der Waals surface area contributed by atoms with Gasteiger partial charge in [0.1, 0.15) is 0 Å². The number of hydrogen-bond acceptors (Lipinski definition) is 4. The average molecular weight is 272 g/mol. The predicted octanol–water partition coefficient (Wildman–Crippen LogP) is 0.527. The number of carbonyl (C=O) groups is 2. The minimum Gasteiger partial charge on any atom is -0.338 e. The van der Waals surface area contributed by atoms with E-state index in [4.69, 9.17) is 5.73 Å². The highest BCUT2D eigenvalue weighted by Gasteiger charge is 2.22. The Labute approximate surface area is 116 Å². The topological polar surface area (TPSA) is 87.5 Å². The molecule has 0 saturated heterocycles. The van der Waals surface area contributed by atoms with Crippen molar-refractivity contribution in [1.29, 1.82) is 0 Å². The van der Waals surface area contributed by atoms with E-state index in [9.17, 15) is 9.59 Å². The van der Waals surface area contributed by atoms with Gasteiger partial charge >= 0.3 is 6.03 Å². The molecular weight excluding hydrogens is 244 g/mol. The Morgan fingerprint density at radius 2 is 1.89 bits per heavy atom. The molecule has 0 aliphatic heterocycles. The van der Waals surface area contributed by atoms with E-state index in [1.54, 1.807) is 6.92 Å². The first-order chi connectivity index (χ1) is 8.92. The minimum atomic E-state index is -0.442. The van der Waals surface area contributed by atoms with Crippen molar-refractivity contribution in [3.8, 4) is 0 Å². The van der Waals surface area contributed by atoms with Crippen LogP contribution < -0.4 is 16.4 Å². The largest absolute Gasteiger partial charge is 0.338 e. The lowest BCUT2D eigenvalue weighted by Gasteiger charge is -2.29. The number of hydrogen-bond donors (Lipinski definition) is 3. The van der Waals surface area contributed by atoms with Crippen LogP contribution in [-0.4, -0.2) is 49.1 Å². The Bertz CT molecular complexity index is 282. The van der Waals surface area contributed by atoms with E-state index in [-0.39, 0.29) is 11.9 Å². The summed E-state index contributed by atoms with van der Waals surface area (Å²) in [7, 11) is 0. The van der Waals surface area contributed by atoms with Crippen molar-refractivity contribution in [2.75, 3.05) is 26.2 Å². The molecule has 0 aliphatic carbocycles. The summed E-state index contributed by atoms with van der Waals surface area (Å²) in [5.74, 6) is 0.182. The molecule has 0 aromatic heterocycles. The van der Waals surface area contributed by atoms with Gasteiger partial charge in [-0.2, -0.15) is 0 Å². The first kappa shape index (κ1) is 17.9. The number of amides is 3. The van der Waals surface area contributed by atoms with Crippen LogP contribution >= 0.6 is 0 Å². The summed E-state index contributed by atoms with van der Waals surface area (Å²) < 4.78 is 0. The summed E-state index contributed by atoms with van der Waals surface area (Å²) in [5.41, 5.74) is 5.51. The molecule has 0 aromatic rings. The van der Waals surface area contributed by atoms with Crippen LogP contribution in [0.5, 0.6) is 0 Å². The third-order valence-electron chi connectivity index (χ3n) is 2.75. The maximum absolute atomic E-state index is 12.0. The molecule has 0 saturated carbocycles. The second-order valence-corrected chi connectivity index (χ2v) is 5.06. The highest BCUT2D eigenvalue weighted by atomic mass is 16.2. The molecule has 1 unspecified atom stereocenters. The highest BCUT2D eigenvalue weighted by molar-refractivity contribution is 5.96. The molecule has 0 rings (SSSR count). The van der Waals surface area contributed by atoms with Crippen LogP contribution in [0.15, 0.2) is 0 Å². The Morgan fingerprint density at radius 1 is 1.26 bits per heavy atom. The number of rotatable bonds is 8. The monoisotopic (exact) mass is 272 g/mol. The highest BCUT2D eigenvalue weighted by Crippen LogP contribution is 2.05. The van der Waals surface area contributed by atoms with Crippen LogP contribution in [0.1, 0.15) is 34.1 Å². The smallest absolute Gasteiger partial charge is 0.321 e.